The monoisotopic (exact) mass is 236 g/mol. The number of anilines is 2. The molecule has 0 fully saturated rings. The van der Waals surface area contributed by atoms with Crippen molar-refractivity contribution in [3.63, 3.8) is 0 Å². The van der Waals surface area contributed by atoms with Crippen LogP contribution in [0.25, 0.3) is 0 Å². The van der Waals surface area contributed by atoms with Gasteiger partial charge in [-0.3, -0.25) is 0 Å². The molecule has 0 atom stereocenters. The van der Waals surface area contributed by atoms with E-state index in [-0.39, 0.29) is 24.8 Å². The predicted molar refractivity (Wildman–Crippen MR) is 68.4 cm³/mol. The van der Waals surface area contributed by atoms with E-state index >= 15 is 0 Å². The zero-order valence-electron chi connectivity index (χ0n) is 8.32. The Bertz CT molecular complexity index is 264. The van der Waals surface area contributed by atoms with Crippen molar-refractivity contribution >= 4 is 36.2 Å². The van der Waals surface area contributed by atoms with E-state index in [1.54, 1.807) is 0 Å². The van der Waals surface area contributed by atoms with Crippen molar-refractivity contribution in [1.82, 2.24) is 0 Å². The number of nitrogens with two attached hydrogens (primary N) is 2. The van der Waals surface area contributed by atoms with Gasteiger partial charge in [0.25, 0.3) is 0 Å². The van der Waals surface area contributed by atoms with Crippen LogP contribution in [0.5, 0.6) is 0 Å². The van der Waals surface area contributed by atoms with E-state index in [0.29, 0.717) is 11.4 Å². The number of hydrogen-bond donors (Lipinski definition) is 2. The first-order valence-electron chi connectivity index (χ1n) is 4.38. The summed E-state index contributed by atoms with van der Waals surface area (Å²) in [5, 5.41) is 0. The first-order chi connectivity index (χ1) is 5.74. The van der Waals surface area contributed by atoms with Gasteiger partial charge in [0.05, 0.1) is 11.4 Å². The van der Waals surface area contributed by atoms with Crippen molar-refractivity contribution in [3.05, 3.63) is 23.8 Å². The van der Waals surface area contributed by atoms with E-state index in [0.717, 1.165) is 6.42 Å². The number of benzene rings is 1. The van der Waals surface area contributed by atoms with Gasteiger partial charge in [-0.25, -0.2) is 0 Å². The summed E-state index contributed by atoms with van der Waals surface area (Å²) in [6.07, 6.45) is 3.52. The molecule has 0 bridgehead atoms. The molecule has 1 rings (SSSR count). The summed E-state index contributed by atoms with van der Waals surface area (Å²) >= 11 is 0. The summed E-state index contributed by atoms with van der Waals surface area (Å²) in [5.74, 6) is 0. The third kappa shape index (κ3) is 4.58. The lowest BCUT2D eigenvalue weighted by atomic mass is 10.1. The van der Waals surface area contributed by atoms with Crippen molar-refractivity contribution in [2.45, 2.75) is 26.2 Å². The van der Waals surface area contributed by atoms with E-state index in [4.69, 9.17) is 11.5 Å². The van der Waals surface area contributed by atoms with Gasteiger partial charge in [-0.1, -0.05) is 19.4 Å². The summed E-state index contributed by atoms with van der Waals surface area (Å²) in [6, 6.07) is 5.88. The Morgan fingerprint density at radius 1 is 1.07 bits per heavy atom. The second-order valence-electron chi connectivity index (χ2n) is 3.07. The average molecular weight is 237 g/mol. The van der Waals surface area contributed by atoms with Crippen molar-refractivity contribution in [2.75, 3.05) is 11.5 Å². The Balaban J connectivity index is 0. The molecular formula is C10H18Cl2N2. The van der Waals surface area contributed by atoms with Crippen LogP contribution in [-0.2, 0) is 6.42 Å². The van der Waals surface area contributed by atoms with Crippen molar-refractivity contribution < 1.29 is 0 Å². The number of aryl methyl sites for hydroxylation is 1. The molecule has 1 aromatic carbocycles. The van der Waals surface area contributed by atoms with Crippen molar-refractivity contribution in [2.24, 2.45) is 0 Å². The van der Waals surface area contributed by atoms with Crippen LogP contribution in [0.4, 0.5) is 11.4 Å². The molecule has 0 heterocycles. The molecule has 2 nitrogen and oxygen atoms in total. The lowest BCUT2D eigenvalue weighted by Gasteiger charge is -2.03. The van der Waals surface area contributed by atoms with Crippen LogP contribution >= 0.6 is 24.8 Å². The number of hydrogen-bond acceptors (Lipinski definition) is 2. The first kappa shape index (κ1) is 15.9. The highest BCUT2D eigenvalue weighted by molar-refractivity contribution is 5.85. The Morgan fingerprint density at radius 3 is 2.21 bits per heavy atom. The normalized spacial score (nSPS) is 8.64. The van der Waals surface area contributed by atoms with Gasteiger partial charge in [-0.15, -0.1) is 24.8 Å². The molecule has 0 aromatic heterocycles. The molecule has 0 spiro atoms. The molecule has 0 saturated carbocycles. The maximum absolute atomic E-state index is 5.67. The number of rotatable bonds is 3. The quantitative estimate of drug-likeness (QED) is 0.794. The minimum Gasteiger partial charge on any atom is -0.397 e. The fourth-order valence-electron chi connectivity index (χ4n) is 1.16. The minimum atomic E-state index is 0. The highest BCUT2D eigenvalue weighted by Gasteiger charge is 1.96. The lowest BCUT2D eigenvalue weighted by molar-refractivity contribution is 0.795. The maximum atomic E-state index is 5.67. The Hall–Kier alpha value is -0.600. The minimum absolute atomic E-state index is 0. The van der Waals surface area contributed by atoms with E-state index in [1.807, 2.05) is 18.2 Å². The molecule has 0 aliphatic rings. The van der Waals surface area contributed by atoms with Crippen LogP contribution in [-0.4, -0.2) is 0 Å². The van der Waals surface area contributed by atoms with Gasteiger partial charge in [-0.05, 0) is 30.5 Å². The average Bonchev–Trinajstić information content (AvgIpc) is 2.07. The summed E-state index contributed by atoms with van der Waals surface area (Å²) in [5.41, 5.74) is 13.9. The standard InChI is InChI=1S/C10H16N2.2ClH/c1-2-3-4-8-5-6-9(11)10(12)7-8;;/h5-7H,2-4,11-12H2,1H3;2*1H. The maximum Gasteiger partial charge on any atom is 0.0550 e. The second kappa shape index (κ2) is 7.77. The largest absolute Gasteiger partial charge is 0.397 e. The summed E-state index contributed by atoms with van der Waals surface area (Å²) in [6.45, 7) is 2.18. The fourth-order valence-corrected chi connectivity index (χ4v) is 1.16. The topological polar surface area (TPSA) is 52.0 Å². The van der Waals surface area contributed by atoms with Gasteiger partial charge in [0.15, 0.2) is 0 Å². The van der Waals surface area contributed by atoms with E-state index in [2.05, 4.69) is 6.92 Å². The first-order valence-corrected chi connectivity index (χ1v) is 4.38. The zero-order chi connectivity index (χ0) is 8.97. The number of unbranched alkanes of at least 4 members (excludes halogenated alkanes) is 1. The van der Waals surface area contributed by atoms with Crippen LogP contribution < -0.4 is 11.5 Å². The Kier molecular flexibility index (Phi) is 8.80. The van der Waals surface area contributed by atoms with Gasteiger partial charge in [0.1, 0.15) is 0 Å². The Morgan fingerprint density at radius 2 is 1.71 bits per heavy atom. The van der Waals surface area contributed by atoms with Crippen LogP contribution in [0.15, 0.2) is 18.2 Å². The molecule has 82 valence electrons. The van der Waals surface area contributed by atoms with Crippen LogP contribution in [0, 0.1) is 0 Å². The summed E-state index contributed by atoms with van der Waals surface area (Å²) in [4.78, 5) is 0. The Labute approximate surface area is 97.9 Å². The molecule has 14 heavy (non-hydrogen) atoms. The second-order valence-corrected chi connectivity index (χ2v) is 3.07. The van der Waals surface area contributed by atoms with Crippen molar-refractivity contribution in [1.29, 1.82) is 0 Å². The fraction of sp³-hybridized carbons (Fsp3) is 0.400. The SMILES string of the molecule is CCCCc1ccc(N)c(N)c1.Cl.Cl. The molecule has 4 heteroatoms. The smallest absolute Gasteiger partial charge is 0.0550 e. The predicted octanol–water partition coefficient (Wildman–Crippen LogP) is 3.04. The van der Waals surface area contributed by atoms with Gasteiger partial charge in [0.2, 0.25) is 0 Å². The number of nitrogen functional groups attached to an aromatic ring is 2. The lowest BCUT2D eigenvalue weighted by Crippen LogP contribution is -1.95. The summed E-state index contributed by atoms with van der Waals surface area (Å²) < 4.78 is 0. The highest BCUT2D eigenvalue weighted by Crippen LogP contribution is 2.17. The zero-order valence-corrected chi connectivity index (χ0v) is 9.96. The molecule has 0 unspecified atom stereocenters. The summed E-state index contributed by atoms with van der Waals surface area (Å²) in [7, 11) is 0. The van der Waals surface area contributed by atoms with Crippen LogP contribution in [0.3, 0.4) is 0 Å². The van der Waals surface area contributed by atoms with Gasteiger partial charge >= 0.3 is 0 Å². The third-order valence-corrected chi connectivity index (χ3v) is 1.97. The van der Waals surface area contributed by atoms with Gasteiger partial charge in [-0.2, -0.15) is 0 Å². The van der Waals surface area contributed by atoms with Crippen LogP contribution in [0.1, 0.15) is 25.3 Å². The molecule has 1 aromatic rings. The van der Waals surface area contributed by atoms with Crippen molar-refractivity contribution in [3.8, 4) is 0 Å². The molecule has 0 amide bonds. The van der Waals surface area contributed by atoms with Crippen LogP contribution in [0.2, 0.25) is 0 Å². The highest BCUT2D eigenvalue weighted by atomic mass is 35.5. The molecule has 0 aliphatic carbocycles. The molecule has 0 saturated heterocycles. The molecule has 4 N–H and O–H groups in total. The molecule has 0 radical (unpaired) electrons. The van der Waals surface area contributed by atoms with Gasteiger partial charge in [0, 0.05) is 0 Å². The van der Waals surface area contributed by atoms with E-state index in [9.17, 15) is 0 Å². The van der Waals surface area contributed by atoms with E-state index < -0.39 is 0 Å². The number of halogens is 2. The third-order valence-electron chi connectivity index (χ3n) is 1.97. The van der Waals surface area contributed by atoms with E-state index in [1.165, 1.54) is 18.4 Å². The van der Waals surface area contributed by atoms with Gasteiger partial charge < -0.3 is 11.5 Å². The molecular weight excluding hydrogens is 219 g/mol. The molecule has 0 aliphatic heterocycles.